The largest absolute Gasteiger partial charge is 0.505 e. The van der Waals surface area contributed by atoms with Crippen LogP contribution >= 0.6 is 0 Å². The third-order valence-corrected chi connectivity index (χ3v) is 1.32. The fourth-order valence-corrected chi connectivity index (χ4v) is 0.762. The first-order valence-corrected chi connectivity index (χ1v) is 3.57. The Hall–Kier alpha value is -2.02. The first-order chi connectivity index (χ1) is 6.09. The first-order valence-electron chi connectivity index (χ1n) is 3.57. The van der Waals surface area contributed by atoms with Crippen LogP contribution in [0, 0.1) is 18.8 Å². The minimum Gasteiger partial charge on any atom is -0.505 e. The van der Waals surface area contributed by atoms with Gasteiger partial charge >= 0.3 is 0 Å². The Kier molecular flexibility index (Phi) is 2.50. The van der Waals surface area contributed by atoms with Crippen molar-refractivity contribution in [3.05, 3.63) is 23.5 Å². The maximum Gasteiger partial charge on any atom is 0.293 e. The lowest BCUT2D eigenvalue weighted by Gasteiger charge is -1.96. The molecule has 66 valence electrons. The Bertz CT molecular complexity index is 402. The second-order valence-electron chi connectivity index (χ2n) is 2.43. The van der Waals surface area contributed by atoms with Crippen LogP contribution in [0.1, 0.15) is 11.4 Å². The molecule has 0 atom stereocenters. The summed E-state index contributed by atoms with van der Waals surface area (Å²) in [4.78, 5) is 14.2. The SMILES string of the molecule is Cc1ccc(O)c(C#CC(N)=O)n1. The van der Waals surface area contributed by atoms with Gasteiger partial charge in [-0.25, -0.2) is 4.98 Å². The number of hydrogen-bond donors (Lipinski definition) is 2. The summed E-state index contributed by atoms with van der Waals surface area (Å²) in [6.07, 6.45) is 0. The van der Waals surface area contributed by atoms with Crippen molar-refractivity contribution < 1.29 is 9.90 Å². The van der Waals surface area contributed by atoms with Crippen molar-refractivity contribution in [3.8, 4) is 17.6 Å². The summed E-state index contributed by atoms with van der Waals surface area (Å²) in [7, 11) is 0. The topological polar surface area (TPSA) is 76.2 Å². The van der Waals surface area contributed by atoms with E-state index in [1.54, 1.807) is 13.0 Å². The van der Waals surface area contributed by atoms with Gasteiger partial charge in [-0.05, 0) is 25.0 Å². The summed E-state index contributed by atoms with van der Waals surface area (Å²) in [5.74, 6) is 3.66. The lowest BCUT2D eigenvalue weighted by Crippen LogP contribution is -2.06. The Balaban J connectivity index is 3.09. The molecule has 0 saturated carbocycles. The van der Waals surface area contributed by atoms with Crippen LogP contribution in [0.4, 0.5) is 0 Å². The number of nitrogens with zero attached hydrogens (tertiary/aromatic N) is 1. The third-order valence-electron chi connectivity index (χ3n) is 1.32. The summed E-state index contributed by atoms with van der Waals surface area (Å²) in [6, 6.07) is 3.11. The highest BCUT2D eigenvalue weighted by Gasteiger charge is 1.98. The molecule has 4 heteroatoms. The maximum atomic E-state index is 10.3. The molecule has 0 unspecified atom stereocenters. The molecule has 1 aromatic rings. The number of carbonyl (C=O) groups is 1. The Morgan fingerprint density at radius 3 is 2.92 bits per heavy atom. The zero-order chi connectivity index (χ0) is 9.84. The number of aromatic nitrogens is 1. The highest BCUT2D eigenvalue weighted by atomic mass is 16.3. The number of rotatable bonds is 0. The van der Waals surface area contributed by atoms with Gasteiger partial charge in [0.25, 0.3) is 5.91 Å². The molecule has 1 aromatic heterocycles. The van der Waals surface area contributed by atoms with Crippen LogP contribution in [0.2, 0.25) is 0 Å². The molecule has 13 heavy (non-hydrogen) atoms. The second-order valence-corrected chi connectivity index (χ2v) is 2.43. The minimum absolute atomic E-state index is 0.0562. The number of carbonyl (C=O) groups excluding carboxylic acids is 1. The molecule has 0 aliphatic carbocycles. The first kappa shape index (κ1) is 9.07. The quantitative estimate of drug-likeness (QED) is 0.543. The predicted octanol–water partition coefficient (Wildman–Crippen LogP) is -0.0676. The zero-order valence-corrected chi connectivity index (χ0v) is 7.03. The minimum atomic E-state index is -0.747. The van der Waals surface area contributed by atoms with Crippen LogP contribution in [0.15, 0.2) is 12.1 Å². The van der Waals surface area contributed by atoms with Gasteiger partial charge in [0.2, 0.25) is 0 Å². The van der Waals surface area contributed by atoms with E-state index >= 15 is 0 Å². The number of primary amides is 1. The summed E-state index contributed by atoms with van der Waals surface area (Å²) < 4.78 is 0. The number of aromatic hydroxyl groups is 1. The van der Waals surface area contributed by atoms with Crippen LogP contribution in [0.25, 0.3) is 0 Å². The van der Waals surface area contributed by atoms with Gasteiger partial charge in [0.05, 0.1) is 0 Å². The second kappa shape index (κ2) is 3.59. The average Bonchev–Trinajstić information content (AvgIpc) is 2.06. The Morgan fingerprint density at radius 2 is 2.31 bits per heavy atom. The van der Waals surface area contributed by atoms with Gasteiger partial charge in [0.1, 0.15) is 5.75 Å². The highest BCUT2D eigenvalue weighted by molar-refractivity contribution is 5.92. The van der Waals surface area contributed by atoms with E-state index in [0.29, 0.717) is 5.69 Å². The van der Waals surface area contributed by atoms with Crippen LogP contribution in [-0.2, 0) is 4.79 Å². The molecule has 0 spiro atoms. The van der Waals surface area contributed by atoms with Gasteiger partial charge < -0.3 is 10.8 Å². The normalized spacial score (nSPS) is 8.69. The van der Waals surface area contributed by atoms with Crippen LogP contribution in [0.5, 0.6) is 5.75 Å². The van der Waals surface area contributed by atoms with Gasteiger partial charge in [-0.2, -0.15) is 0 Å². The van der Waals surface area contributed by atoms with E-state index in [9.17, 15) is 9.90 Å². The number of nitrogens with two attached hydrogens (primary N) is 1. The van der Waals surface area contributed by atoms with Gasteiger partial charge in [-0.3, -0.25) is 4.79 Å². The van der Waals surface area contributed by atoms with Crippen LogP contribution in [-0.4, -0.2) is 16.0 Å². The molecule has 1 heterocycles. The molecule has 0 fully saturated rings. The predicted molar refractivity (Wildman–Crippen MR) is 46.7 cm³/mol. The van der Waals surface area contributed by atoms with Crippen LogP contribution < -0.4 is 5.73 Å². The number of aryl methyl sites for hydroxylation is 1. The van der Waals surface area contributed by atoms with Crippen molar-refractivity contribution in [1.82, 2.24) is 4.98 Å². The summed E-state index contributed by atoms with van der Waals surface area (Å²) >= 11 is 0. The monoisotopic (exact) mass is 176 g/mol. The molecule has 0 aromatic carbocycles. The molecule has 0 saturated heterocycles. The number of pyridine rings is 1. The number of hydrogen-bond acceptors (Lipinski definition) is 3. The fraction of sp³-hybridized carbons (Fsp3) is 0.111. The summed E-state index contributed by atoms with van der Waals surface area (Å²) in [5, 5.41) is 9.23. The standard InChI is InChI=1S/C9H8N2O2/c1-6-2-4-8(12)7(11-6)3-5-9(10)13/h2,4,12H,1H3,(H2,10,13). The van der Waals surface area contributed by atoms with Gasteiger partial charge in [0, 0.05) is 11.6 Å². The Labute approximate surface area is 75.4 Å². The lowest BCUT2D eigenvalue weighted by molar-refractivity contribution is -0.112. The lowest BCUT2D eigenvalue weighted by atomic mass is 10.3. The van der Waals surface area contributed by atoms with E-state index in [0.717, 1.165) is 0 Å². The molecule has 0 radical (unpaired) electrons. The third kappa shape index (κ3) is 2.49. The zero-order valence-electron chi connectivity index (χ0n) is 7.03. The molecule has 0 aliphatic rings. The molecular weight excluding hydrogens is 168 g/mol. The molecule has 1 amide bonds. The van der Waals surface area contributed by atoms with E-state index in [-0.39, 0.29) is 11.4 Å². The molecule has 1 rings (SSSR count). The Morgan fingerprint density at radius 1 is 1.62 bits per heavy atom. The van der Waals surface area contributed by atoms with Crippen molar-refractivity contribution >= 4 is 5.91 Å². The van der Waals surface area contributed by atoms with Gasteiger partial charge in [-0.1, -0.05) is 0 Å². The highest BCUT2D eigenvalue weighted by Crippen LogP contribution is 2.12. The van der Waals surface area contributed by atoms with E-state index in [4.69, 9.17) is 5.73 Å². The molecular formula is C9H8N2O2. The van der Waals surface area contributed by atoms with Crippen molar-refractivity contribution in [1.29, 1.82) is 0 Å². The maximum absolute atomic E-state index is 10.3. The van der Waals surface area contributed by atoms with E-state index in [1.165, 1.54) is 6.07 Å². The van der Waals surface area contributed by atoms with Gasteiger partial charge in [-0.15, -0.1) is 0 Å². The average molecular weight is 176 g/mol. The van der Waals surface area contributed by atoms with E-state index < -0.39 is 5.91 Å². The van der Waals surface area contributed by atoms with Crippen LogP contribution in [0.3, 0.4) is 0 Å². The van der Waals surface area contributed by atoms with Crippen molar-refractivity contribution in [2.45, 2.75) is 6.92 Å². The summed E-state index contributed by atoms with van der Waals surface area (Å²) in [5.41, 5.74) is 5.69. The summed E-state index contributed by atoms with van der Waals surface area (Å²) in [6.45, 7) is 1.76. The molecule has 4 nitrogen and oxygen atoms in total. The van der Waals surface area contributed by atoms with Gasteiger partial charge in [0.15, 0.2) is 5.69 Å². The smallest absolute Gasteiger partial charge is 0.293 e. The van der Waals surface area contributed by atoms with Crippen molar-refractivity contribution in [2.24, 2.45) is 5.73 Å². The molecule has 0 aliphatic heterocycles. The molecule has 3 N–H and O–H groups in total. The van der Waals surface area contributed by atoms with E-state index in [2.05, 4.69) is 16.8 Å². The number of amides is 1. The van der Waals surface area contributed by atoms with Crippen molar-refractivity contribution in [2.75, 3.05) is 0 Å². The molecule has 0 bridgehead atoms. The fourth-order valence-electron chi connectivity index (χ4n) is 0.762. The van der Waals surface area contributed by atoms with Crippen molar-refractivity contribution in [3.63, 3.8) is 0 Å². The van der Waals surface area contributed by atoms with E-state index in [1.807, 2.05) is 0 Å².